The molecule has 3 nitrogen and oxygen atoms in total. The zero-order chi connectivity index (χ0) is 12.1. The van der Waals surface area contributed by atoms with Gasteiger partial charge in [-0.3, -0.25) is 4.79 Å². The summed E-state index contributed by atoms with van der Waals surface area (Å²) in [5.74, 6) is 0.319. The molecule has 1 aromatic rings. The standard InChI is InChI=1S/C12H17NO2S/c1-8-3-9(2)5-10(4-8)6-16-7-11(13)12(14)15/h3-5,11H,6-7,13H2,1-2H3,(H,14,15). The van der Waals surface area contributed by atoms with Crippen molar-refractivity contribution in [3.63, 3.8) is 0 Å². The van der Waals surface area contributed by atoms with Crippen LogP contribution in [-0.2, 0) is 10.5 Å². The molecule has 0 aliphatic rings. The molecule has 1 unspecified atom stereocenters. The van der Waals surface area contributed by atoms with Crippen molar-refractivity contribution in [3.05, 3.63) is 34.9 Å². The SMILES string of the molecule is Cc1cc(C)cc(CSCC(N)C(=O)O)c1. The van der Waals surface area contributed by atoms with Crippen LogP contribution in [-0.4, -0.2) is 22.9 Å². The first-order valence-corrected chi connectivity index (χ1v) is 6.28. The number of benzene rings is 1. The van der Waals surface area contributed by atoms with Crippen molar-refractivity contribution in [2.24, 2.45) is 5.73 Å². The minimum Gasteiger partial charge on any atom is -0.480 e. The molecule has 3 N–H and O–H groups in total. The van der Waals surface area contributed by atoms with Crippen molar-refractivity contribution >= 4 is 17.7 Å². The van der Waals surface area contributed by atoms with Gasteiger partial charge in [-0.25, -0.2) is 0 Å². The van der Waals surface area contributed by atoms with E-state index in [1.807, 2.05) is 0 Å². The van der Waals surface area contributed by atoms with Gasteiger partial charge in [0.05, 0.1) is 0 Å². The Hall–Kier alpha value is -1.00. The zero-order valence-electron chi connectivity index (χ0n) is 9.56. The highest BCUT2D eigenvalue weighted by atomic mass is 32.2. The van der Waals surface area contributed by atoms with Gasteiger partial charge in [0.2, 0.25) is 0 Å². The Balaban J connectivity index is 2.46. The predicted octanol–water partition coefficient (Wildman–Crippen LogP) is 1.95. The van der Waals surface area contributed by atoms with E-state index in [0.717, 1.165) is 5.75 Å². The van der Waals surface area contributed by atoms with Gasteiger partial charge in [0.1, 0.15) is 6.04 Å². The normalized spacial score (nSPS) is 12.4. The van der Waals surface area contributed by atoms with Gasteiger partial charge in [-0.1, -0.05) is 29.3 Å². The second kappa shape index (κ2) is 5.92. The zero-order valence-corrected chi connectivity index (χ0v) is 10.4. The van der Waals surface area contributed by atoms with E-state index in [1.165, 1.54) is 16.7 Å². The molecule has 88 valence electrons. The van der Waals surface area contributed by atoms with Crippen molar-refractivity contribution < 1.29 is 9.90 Å². The van der Waals surface area contributed by atoms with Gasteiger partial charge < -0.3 is 10.8 Å². The highest BCUT2D eigenvalue weighted by Crippen LogP contribution is 2.16. The number of aryl methyl sites for hydroxylation is 2. The van der Waals surface area contributed by atoms with Crippen molar-refractivity contribution in [3.8, 4) is 0 Å². The van der Waals surface area contributed by atoms with Crippen LogP contribution in [0.1, 0.15) is 16.7 Å². The average Bonchev–Trinajstić information content (AvgIpc) is 2.15. The molecule has 4 heteroatoms. The van der Waals surface area contributed by atoms with Crippen LogP contribution in [0.4, 0.5) is 0 Å². The summed E-state index contributed by atoms with van der Waals surface area (Å²) >= 11 is 1.55. The minimum atomic E-state index is -0.937. The maximum absolute atomic E-state index is 10.5. The molecule has 0 saturated heterocycles. The van der Waals surface area contributed by atoms with Crippen LogP contribution in [0.2, 0.25) is 0 Å². The Morgan fingerprint density at radius 3 is 2.44 bits per heavy atom. The number of carboxylic acid groups (broad SMARTS) is 1. The molecule has 0 bridgehead atoms. The topological polar surface area (TPSA) is 63.3 Å². The van der Waals surface area contributed by atoms with Crippen molar-refractivity contribution in [2.75, 3.05) is 5.75 Å². The number of aliphatic carboxylic acids is 1. The summed E-state index contributed by atoms with van der Waals surface area (Å²) in [6.07, 6.45) is 0. The lowest BCUT2D eigenvalue weighted by Crippen LogP contribution is -2.32. The van der Waals surface area contributed by atoms with E-state index in [1.54, 1.807) is 11.8 Å². The molecule has 0 fully saturated rings. The highest BCUT2D eigenvalue weighted by molar-refractivity contribution is 7.98. The number of hydrogen-bond acceptors (Lipinski definition) is 3. The molecule has 1 atom stereocenters. The van der Waals surface area contributed by atoms with Gasteiger partial charge in [0.15, 0.2) is 0 Å². The van der Waals surface area contributed by atoms with Crippen molar-refractivity contribution in [1.82, 2.24) is 0 Å². The number of carboxylic acids is 1. The third kappa shape index (κ3) is 4.24. The lowest BCUT2D eigenvalue weighted by molar-refractivity contribution is -0.137. The Kier molecular flexibility index (Phi) is 4.83. The third-order valence-corrected chi connectivity index (χ3v) is 3.30. The van der Waals surface area contributed by atoms with E-state index >= 15 is 0 Å². The second-order valence-corrected chi connectivity index (χ2v) is 4.99. The van der Waals surface area contributed by atoms with Crippen molar-refractivity contribution in [1.29, 1.82) is 0 Å². The number of nitrogens with two attached hydrogens (primary N) is 1. The number of hydrogen-bond donors (Lipinski definition) is 2. The first-order chi connectivity index (χ1) is 7.49. The molecule has 0 saturated carbocycles. The van der Waals surface area contributed by atoms with E-state index in [4.69, 9.17) is 10.8 Å². The molecule has 1 rings (SSSR count). The van der Waals surface area contributed by atoms with Gasteiger partial charge in [-0.15, -0.1) is 0 Å². The summed E-state index contributed by atoms with van der Waals surface area (Å²) in [6.45, 7) is 4.12. The first kappa shape index (κ1) is 13.1. The predicted molar refractivity (Wildman–Crippen MR) is 67.7 cm³/mol. The molecule has 0 heterocycles. The van der Waals surface area contributed by atoms with Gasteiger partial charge in [0, 0.05) is 11.5 Å². The molecular weight excluding hydrogens is 222 g/mol. The molecule has 0 aromatic heterocycles. The smallest absolute Gasteiger partial charge is 0.321 e. The Labute approximate surface area is 100 Å². The quantitative estimate of drug-likeness (QED) is 0.824. The number of rotatable bonds is 5. The summed E-state index contributed by atoms with van der Waals surface area (Å²) in [5, 5.41) is 8.63. The van der Waals surface area contributed by atoms with E-state index in [2.05, 4.69) is 32.0 Å². The molecule has 0 amide bonds. The summed E-state index contributed by atoms with van der Waals surface area (Å²) < 4.78 is 0. The van der Waals surface area contributed by atoms with Gasteiger partial charge >= 0.3 is 5.97 Å². The molecule has 0 radical (unpaired) electrons. The molecule has 1 aromatic carbocycles. The van der Waals surface area contributed by atoms with Crippen LogP contribution < -0.4 is 5.73 Å². The molecule has 16 heavy (non-hydrogen) atoms. The van der Waals surface area contributed by atoms with Gasteiger partial charge in [0.25, 0.3) is 0 Å². The largest absolute Gasteiger partial charge is 0.480 e. The lowest BCUT2D eigenvalue weighted by Gasteiger charge is -2.07. The van der Waals surface area contributed by atoms with Gasteiger partial charge in [-0.05, 0) is 19.4 Å². The summed E-state index contributed by atoms with van der Waals surface area (Å²) in [7, 11) is 0. The fourth-order valence-electron chi connectivity index (χ4n) is 1.53. The van der Waals surface area contributed by atoms with Crippen LogP contribution in [0, 0.1) is 13.8 Å². The lowest BCUT2D eigenvalue weighted by atomic mass is 10.1. The highest BCUT2D eigenvalue weighted by Gasteiger charge is 2.10. The second-order valence-electron chi connectivity index (χ2n) is 3.96. The molecular formula is C12H17NO2S. The summed E-state index contributed by atoms with van der Waals surface area (Å²) in [5.41, 5.74) is 9.11. The fourth-order valence-corrected chi connectivity index (χ4v) is 2.44. The summed E-state index contributed by atoms with van der Waals surface area (Å²) in [6, 6.07) is 5.59. The molecule has 0 spiro atoms. The number of thioether (sulfide) groups is 1. The number of carbonyl (C=O) groups is 1. The van der Waals surface area contributed by atoms with Crippen LogP contribution in [0.3, 0.4) is 0 Å². The Bertz CT molecular complexity index is 359. The third-order valence-electron chi connectivity index (χ3n) is 2.16. The van der Waals surface area contributed by atoms with Crippen molar-refractivity contribution in [2.45, 2.75) is 25.6 Å². The Morgan fingerprint density at radius 1 is 1.38 bits per heavy atom. The van der Waals surface area contributed by atoms with Crippen LogP contribution in [0.15, 0.2) is 18.2 Å². The van der Waals surface area contributed by atoms with Crippen LogP contribution >= 0.6 is 11.8 Å². The van der Waals surface area contributed by atoms with Crippen LogP contribution in [0.25, 0.3) is 0 Å². The molecule has 0 aliphatic carbocycles. The van der Waals surface area contributed by atoms with E-state index in [-0.39, 0.29) is 0 Å². The minimum absolute atomic E-state index is 0.447. The average molecular weight is 239 g/mol. The molecule has 0 aliphatic heterocycles. The maximum atomic E-state index is 10.5. The maximum Gasteiger partial charge on any atom is 0.321 e. The van der Waals surface area contributed by atoms with E-state index < -0.39 is 12.0 Å². The van der Waals surface area contributed by atoms with Gasteiger partial charge in [-0.2, -0.15) is 11.8 Å². The monoisotopic (exact) mass is 239 g/mol. The summed E-state index contributed by atoms with van der Waals surface area (Å²) in [4.78, 5) is 10.5. The Morgan fingerprint density at radius 2 is 1.94 bits per heavy atom. The fraction of sp³-hybridized carbons (Fsp3) is 0.417. The first-order valence-electron chi connectivity index (χ1n) is 5.12. The van der Waals surface area contributed by atoms with Crippen LogP contribution in [0.5, 0.6) is 0 Å². The van der Waals surface area contributed by atoms with E-state index in [0.29, 0.717) is 5.75 Å². The van der Waals surface area contributed by atoms with E-state index in [9.17, 15) is 4.79 Å².